The van der Waals surface area contributed by atoms with Crippen molar-refractivity contribution in [1.82, 2.24) is 9.78 Å². The number of halogens is 1. The zero-order valence-electron chi connectivity index (χ0n) is 11.8. The quantitative estimate of drug-likeness (QED) is 0.930. The van der Waals surface area contributed by atoms with E-state index < -0.39 is 5.82 Å². The lowest BCUT2D eigenvalue weighted by molar-refractivity contribution is 0.627. The average molecular weight is 272 g/mol. The minimum atomic E-state index is -0.406. The van der Waals surface area contributed by atoms with Gasteiger partial charge in [0.2, 0.25) is 0 Å². The van der Waals surface area contributed by atoms with Gasteiger partial charge in [0, 0.05) is 25.4 Å². The van der Waals surface area contributed by atoms with E-state index in [9.17, 15) is 4.39 Å². The van der Waals surface area contributed by atoms with E-state index in [1.807, 2.05) is 19.3 Å². The molecule has 4 nitrogen and oxygen atoms in total. The Morgan fingerprint density at radius 2 is 2.20 bits per heavy atom. The van der Waals surface area contributed by atoms with Gasteiger partial charge in [-0.15, -0.1) is 0 Å². The molecule has 0 aliphatic rings. The van der Waals surface area contributed by atoms with Crippen molar-refractivity contribution in [3.8, 4) is 6.07 Å². The van der Waals surface area contributed by atoms with E-state index in [4.69, 9.17) is 5.26 Å². The van der Waals surface area contributed by atoms with Gasteiger partial charge in [0.25, 0.3) is 0 Å². The molecule has 0 aliphatic carbocycles. The first kappa shape index (κ1) is 14.1. The molecule has 2 aromatic rings. The molecule has 1 aromatic heterocycles. The standard InChI is InChI=1S/C15H17FN4/c1-10(2)15-12(9-20(3)19-15)8-18-14-5-4-13(16)6-11(14)7-17/h4-6,9-10,18H,8H2,1-3H3. The molecular formula is C15H17FN4. The summed E-state index contributed by atoms with van der Waals surface area (Å²) in [7, 11) is 1.88. The molecule has 0 radical (unpaired) electrons. The monoisotopic (exact) mass is 272 g/mol. The van der Waals surface area contributed by atoms with Gasteiger partial charge in [0.15, 0.2) is 0 Å². The molecule has 104 valence electrons. The number of nitriles is 1. The van der Waals surface area contributed by atoms with Crippen molar-refractivity contribution in [1.29, 1.82) is 5.26 Å². The van der Waals surface area contributed by atoms with Gasteiger partial charge in [-0.2, -0.15) is 10.4 Å². The summed E-state index contributed by atoms with van der Waals surface area (Å²) in [5.74, 6) is -0.0759. The molecule has 0 fully saturated rings. The Morgan fingerprint density at radius 1 is 1.45 bits per heavy atom. The fourth-order valence-corrected chi connectivity index (χ4v) is 2.13. The summed E-state index contributed by atoms with van der Waals surface area (Å²) < 4.78 is 14.9. The molecule has 2 rings (SSSR count). The largest absolute Gasteiger partial charge is 0.380 e. The molecule has 0 bridgehead atoms. The Balaban J connectivity index is 2.19. The first-order chi connectivity index (χ1) is 9.51. The van der Waals surface area contributed by atoms with E-state index in [1.54, 1.807) is 10.7 Å². The van der Waals surface area contributed by atoms with Crippen LogP contribution in [-0.4, -0.2) is 9.78 Å². The van der Waals surface area contributed by atoms with Gasteiger partial charge in [-0.1, -0.05) is 13.8 Å². The molecule has 1 N–H and O–H groups in total. The van der Waals surface area contributed by atoms with Gasteiger partial charge in [-0.3, -0.25) is 4.68 Å². The fraction of sp³-hybridized carbons (Fsp3) is 0.333. The molecule has 1 aromatic carbocycles. The zero-order chi connectivity index (χ0) is 14.7. The van der Waals surface area contributed by atoms with Gasteiger partial charge >= 0.3 is 0 Å². The van der Waals surface area contributed by atoms with E-state index in [-0.39, 0.29) is 0 Å². The van der Waals surface area contributed by atoms with E-state index in [0.29, 0.717) is 23.7 Å². The van der Waals surface area contributed by atoms with Crippen LogP contribution < -0.4 is 5.32 Å². The van der Waals surface area contributed by atoms with Gasteiger partial charge in [0.05, 0.1) is 16.9 Å². The summed E-state index contributed by atoms with van der Waals surface area (Å²) in [6.45, 7) is 4.73. The summed E-state index contributed by atoms with van der Waals surface area (Å²) in [4.78, 5) is 0. The smallest absolute Gasteiger partial charge is 0.124 e. The minimum absolute atomic E-state index is 0.306. The summed E-state index contributed by atoms with van der Waals surface area (Å²) in [5, 5.41) is 16.6. The van der Waals surface area contributed by atoms with Crippen molar-refractivity contribution < 1.29 is 4.39 Å². The van der Waals surface area contributed by atoms with Crippen LogP contribution in [0.1, 0.15) is 36.6 Å². The van der Waals surface area contributed by atoms with E-state index in [0.717, 1.165) is 11.3 Å². The molecule has 0 aliphatic heterocycles. The Bertz CT molecular complexity index is 652. The van der Waals surface area contributed by atoms with Crippen molar-refractivity contribution >= 4 is 5.69 Å². The van der Waals surface area contributed by atoms with Crippen LogP contribution in [0.25, 0.3) is 0 Å². The highest BCUT2D eigenvalue weighted by atomic mass is 19.1. The molecule has 5 heteroatoms. The first-order valence-electron chi connectivity index (χ1n) is 6.47. The summed E-state index contributed by atoms with van der Waals surface area (Å²) in [6.07, 6.45) is 1.96. The van der Waals surface area contributed by atoms with Gasteiger partial charge in [0.1, 0.15) is 11.9 Å². The summed E-state index contributed by atoms with van der Waals surface area (Å²) in [5.41, 5.74) is 3.05. The van der Waals surface area contributed by atoms with E-state index in [2.05, 4.69) is 24.3 Å². The van der Waals surface area contributed by atoms with Crippen molar-refractivity contribution in [3.63, 3.8) is 0 Å². The van der Waals surface area contributed by atoms with Gasteiger partial charge in [-0.25, -0.2) is 4.39 Å². The third-order valence-electron chi connectivity index (χ3n) is 3.06. The third-order valence-corrected chi connectivity index (χ3v) is 3.06. The van der Waals surface area contributed by atoms with E-state index in [1.165, 1.54) is 12.1 Å². The number of anilines is 1. The van der Waals surface area contributed by atoms with Gasteiger partial charge in [-0.05, 0) is 24.1 Å². The first-order valence-corrected chi connectivity index (χ1v) is 6.47. The highest BCUT2D eigenvalue weighted by molar-refractivity contribution is 5.57. The molecule has 20 heavy (non-hydrogen) atoms. The highest BCUT2D eigenvalue weighted by Crippen LogP contribution is 2.21. The van der Waals surface area contributed by atoms with Crippen molar-refractivity contribution in [2.24, 2.45) is 7.05 Å². The molecule has 0 atom stereocenters. The van der Waals surface area contributed by atoms with Crippen LogP contribution in [0.3, 0.4) is 0 Å². The lowest BCUT2D eigenvalue weighted by Crippen LogP contribution is -2.04. The maximum Gasteiger partial charge on any atom is 0.124 e. The van der Waals surface area contributed by atoms with Gasteiger partial charge < -0.3 is 5.32 Å². The third kappa shape index (κ3) is 2.97. The predicted molar refractivity (Wildman–Crippen MR) is 75.7 cm³/mol. The van der Waals surface area contributed by atoms with E-state index >= 15 is 0 Å². The lowest BCUT2D eigenvalue weighted by Gasteiger charge is -2.09. The van der Waals surface area contributed by atoms with Crippen LogP contribution in [-0.2, 0) is 13.6 Å². The second-order valence-corrected chi connectivity index (χ2v) is 5.02. The van der Waals surface area contributed by atoms with Crippen molar-refractivity contribution in [2.45, 2.75) is 26.3 Å². The second-order valence-electron chi connectivity index (χ2n) is 5.02. The maximum absolute atomic E-state index is 13.1. The van der Waals surface area contributed by atoms with Crippen LogP contribution in [0.2, 0.25) is 0 Å². The average Bonchev–Trinajstić information content (AvgIpc) is 2.78. The Kier molecular flexibility index (Phi) is 4.04. The number of hydrogen-bond donors (Lipinski definition) is 1. The number of benzene rings is 1. The van der Waals surface area contributed by atoms with Crippen molar-refractivity contribution in [3.05, 3.63) is 47.0 Å². The van der Waals surface area contributed by atoms with Crippen LogP contribution >= 0.6 is 0 Å². The molecule has 0 saturated heterocycles. The normalized spacial score (nSPS) is 10.6. The number of hydrogen-bond acceptors (Lipinski definition) is 3. The number of nitrogens with zero attached hydrogens (tertiary/aromatic N) is 3. The number of aromatic nitrogens is 2. The predicted octanol–water partition coefficient (Wildman–Crippen LogP) is 3.17. The number of nitrogens with one attached hydrogen (secondary N) is 1. The molecule has 0 unspecified atom stereocenters. The van der Waals surface area contributed by atoms with Crippen LogP contribution in [0.15, 0.2) is 24.4 Å². The SMILES string of the molecule is CC(C)c1nn(C)cc1CNc1ccc(F)cc1C#N. The Labute approximate surface area is 117 Å². The maximum atomic E-state index is 13.1. The topological polar surface area (TPSA) is 53.6 Å². The Hall–Kier alpha value is -2.35. The molecule has 1 heterocycles. The number of rotatable bonds is 4. The molecule has 0 saturated carbocycles. The summed E-state index contributed by atoms with van der Waals surface area (Å²) >= 11 is 0. The van der Waals surface area contributed by atoms with Crippen LogP contribution in [0, 0.1) is 17.1 Å². The molecular weight excluding hydrogens is 255 g/mol. The van der Waals surface area contributed by atoms with Crippen LogP contribution in [0.5, 0.6) is 0 Å². The Morgan fingerprint density at radius 3 is 2.85 bits per heavy atom. The summed E-state index contributed by atoms with van der Waals surface area (Å²) in [6, 6.07) is 6.15. The fourth-order valence-electron chi connectivity index (χ4n) is 2.13. The number of aryl methyl sites for hydroxylation is 1. The lowest BCUT2D eigenvalue weighted by atomic mass is 10.1. The molecule has 0 spiro atoms. The second kappa shape index (κ2) is 5.74. The highest BCUT2D eigenvalue weighted by Gasteiger charge is 2.12. The zero-order valence-corrected chi connectivity index (χ0v) is 11.8. The van der Waals surface area contributed by atoms with Crippen LogP contribution in [0.4, 0.5) is 10.1 Å². The minimum Gasteiger partial charge on any atom is -0.380 e. The van der Waals surface area contributed by atoms with Crippen molar-refractivity contribution in [2.75, 3.05) is 5.32 Å². The molecule has 0 amide bonds.